The van der Waals surface area contributed by atoms with Crippen molar-refractivity contribution in [3.63, 3.8) is 0 Å². The number of carboxylic acid groups (broad SMARTS) is 1. The van der Waals surface area contributed by atoms with Crippen molar-refractivity contribution in [2.75, 3.05) is 11.4 Å². The molecule has 1 heterocycles. The first-order chi connectivity index (χ1) is 15.4. The van der Waals surface area contributed by atoms with E-state index in [1.807, 2.05) is 0 Å². The molecule has 1 aliphatic carbocycles. The largest absolute Gasteiger partial charge is 0.465 e. The minimum absolute atomic E-state index is 0.0823. The number of amides is 2. The third kappa shape index (κ3) is 4.26. The molecule has 16 heteroatoms. The number of nitrogens with zero attached hydrogens (tertiary/aromatic N) is 4. The third-order valence-electron chi connectivity index (χ3n) is 5.11. The average molecular weight is 546 g/mol. The number of halogens is 7. The molecule has 8 nitrogen and oxygen atoms in total. The molecule has 3 N–H and O–H groups in total. The van der Waals surface area contributed by atoms with Gasteiger partial charge in [-0.3, -0.25) is 9.69 Å². The number of hydrogen-bond donors (Lipinski definition) is 2. The van der Waals surface area contributed by atoms with Gasteiger partial charge in [0.05, 0.1) is 15.5 Å². The number of carbonyl (C=O) groups is 2. The highest BCUT2D eigenvalue weighted by Gasteiger charge is 2.65. The second-order valence-electron chi connectivity index (χ2n) is 7.40. The van der Waals surface area contributed by atoms with E-state index in [2.05, 4.69) is 11.7 Å². The number of aromatic nitrogens is 2. The highest BCUT2D eigenvalue weighted by atomic mass is 35.5. The predicted molar refractivity (Wildman–Crippen MR) is 115 cm³/mol. The summed E-state index contributed by atoms with van der Waals surface area (Å²) in [5, 5.41) is 21.3. The van der Waals surface area contributed by atoms with Gasteiger partial charge in [-0.15, -0.1) is 6.58 Å². The van der Waals surface area contributed by atoms with E-state index in [0.29, 0.717) is 9.58 Å². The van der Waals surface area contributed by atoms with Crippen molar-refractivity contribution in [3.05, 3.63) is 46.1 Å². The van der Waals surface area contributed by atoms with Crippen LogP contribution in [0.4, 0.5) is 30.0 Å². The van der Waals surface area contributed by atoms with E-state index >= 15 is 0 Å². The molecule has 2 aromatic rings. The monoisotopic (exact) mass is 545 g/mol. The van der Waals surface area contributed by atoms with Gasteiger partial charge in [0, 0.05) is 12.1 Å². The van der Waals surface area contributed by atoms with Gasteiger partial charge in [-0.2, -0.15) is 10.4 Å². The molecule has 0 bridgehead atoms. The van der Waals surface area contributed by atoms with Crippen LogP contribution in [0.1, 0.15) is 24.1 Å². The summed E-state index contributed by atoms with van der Waals surface area (Å²) in [5.74, 6) is -1.37. The lowest BCUT2D eigenvalue weighted by Gasteiger charge is -2.40. The lowest BCUT2D eigenvalue weighted by Crippen LogP contribution is -2.35. The van der Waals surface area contributed by atoms with Gasteiger partial charge in [0.25, 0.3) is 0 Å². The summed E-state index contributed by atoms with van der Waals surface area (Å²) in [6.45, 7) is 3.00. The van der Waals surface area contributed by atoms with Gasteiger partial charge in [-0.05, 0) is 25.0 Å². The average Bonchev–Trinajstić information content (AvgIpc) is 3.40. The fourth-order valence-electron chi connectivity index (χ4n) is 3.43. The maximum Gasteiger partial charge on any atom is 0.413 e. The Labute approximate surface area is 198 Å². The van der Waals surface area contributed by atoms with Crippen LogP contribution in [-0.4, -0.2) is 33.4 Å². The molecule has 0 radical (unpaired) electrons. The molecule has 1 aromatic carbocycles. The molecular formula is C18H14Cl2F5N5O3S. The van der Waals surface area contributed by atoms with E-state index in [9.17, 15) is 39.4 Å². The second kappa shape index (κ2) is 7.24. The molecule has 0 aliphatic heterocycles. The molecule has 2 amide bonds. The Morgan fingerprint density at radius 3 is 2.18 bits per heavy atom. The lowest BCUT2D eigenvalue weighted by molar-refractivity contribution is -0.120. The minimum atomic E-state index is -10.2. The summed E-state index contributed by atoms with van der Waals surface area (Å²) < 4.78 is 67.1. The van der Waals surface area contributed by atoms with Crippen LogP contribution in [0.5, 0.6) is 0 Å². The number of primary amides is 1. The molecular weight excluding hydrogens is 532 g/mol. The van der Waals surface area contributed by atoms with Crippen molar-refractivity contribution in [2.24, 2.45) is 5.73 Å². The van der Waals surface area contributed by atoms with Crippen LogP contribution in [-0.2, 0) is 10.2 Å². The fraction of sp³-hybridized carbons (Fsp3) is 0.222. The Morgan fingerprint density at radius 2 is 1.82 bits per heavy atom. The third-order valence-corrected chi connectivity index (χ3v) is 6.82. The number of hydrogen-bond acceptors (Lipinski definition) is 4. The van der Waals surface area contributed by atoms with Crippen LogP contribution >= 0.6 is 33.4 Å². The summed E-state index contributed by atoms with van der Waals surface area (Å²) in [7, 11) is -10.2. The van der Waals surface area contributed by atoms with Crippen molar-refractivity contribution in [3.8, 4) is 11.8 Å². The molecule has 0 saturated heterocycles. The summed E-state index contributed by atoms with van der Waals surface area (Å²) in [5.41, 5.74) is 2.68. The molecule has 3 rings (SSSR count). The molecule has 0 atom stereocenters. The van der Waals surface area contributed by atoms with E-state index in [1.54, 1.807) is 6.07 Å². The van der Waals surface area contributed by atoms with Crippen molar-refractivity contribution < 1.29 is 34.1 Å². The van der Waals surface area contributed by atoms with Gasteiger partial charge in [-0.25, -0.2) is 9.48 Å². The molecule has 34 heavy (non-hydrogen) atoms. The van der Waals surface area contributed by atoms with Gasteiger partial charge in [0.1, 0.15) is 22.5 Å². The van der Waals surface area contributed by atoms with Gasteiger partial charge in [0.15, 0.2) is 5.69 Å². The van der Waals surface area contributed by atoms with Crippen LogP contribution in [0.3, 0.4) is 0 Å². The maximum absolute atomic E-state index is 13.3. The lowest BCUT2D eigenvalue weighted by atomic mass is 9.94. The highest BCUT2D eigenvalue weighted by molar-refractivity contribution is 8.45. The van der Waals surface area contributed by atoms with Crippen molar-refractivity contribution in [2.45, 2.75) is 23.2 Å². The van der Waals surface area contributed by atoms with Gasteiger partial charge < -0.3 is 10.8 Å². The van der Waals surface area contributed by atoms with Crippen LogP contribution < -0.4 is 10.6 Å². The number of carbonyl (C=O) groups excluding carboxylic acids is 1. The summed E-state index contributed by atoms with van der Waals surface area (Å²) in [6.07, 6.45) is -0.224. The zero-order valence-electron chi connectivity index (χ0n) is 16.7. The summed E-state index contributed by atoms with van der Waals surface area (Å²) in [6, 6.07) is 1.52. The van der Waals surface area contributed by atoms with Gasteiger partial charge in [0.2, 0.25) is 5.91 Å². The maximum atomic E-state index is 13.3. The van der Waals surface area contributed by atoms with E-state index in [-0.39, 0.29) is 30.5 Å². The van der Waals surface area contributed by atoms with Crippen molar-refractivity contribution in [1.29, 1.82) is 5.26 Å². The van der Waals surface area contributed by atoms with Crippen LogP contribution in [0.2, 0.25) is 10.0 Å². The Balaban J connectivity index is 2.44. The molecule has 1 saturated carbocycles. The summed E-state index contributed by atoms with van der Waals surface area (Å²) >= 11 is 11.8. The molecule has 0 spiro atoms. The van der Waals surface area contributed by atoms with Crippen molar-refractivity contribution in [1.82, 2.24) is 9.78 Å². The number of nitrogens with two attached hydrogens (primary N) is 1. The smallest absolute Gasteiger partial charge is 0.413 e. The van der Waals surface area contributed by atoms with Gasteiger partial charge >= 0.3 is 16.3 Å². The second-order valence-corrected chi connectivity index (χ2v) is 10.6. The first-order valence-corrected chi connectivity index (χ1v) is 11.8. The Bertz CT molecular complexity index is 1280. The molecule has 184 valence electrons. The number of anilines is 1. The normalized spacial score (nSPS) is 16.6. The molecule has 1 aliphatic rings. The molecule has 0 unspecified atom stereocenters. The number of rotatable bonds is 7. The quantitative estimate of drug-likeness (QED) is 0.331. The van der Waals surface area contributed by atoms with E-state index in [0.717, 1.165) is 6.08 Å². The zero-order chi connectivity index (χ0) is 25.9. The molecule has 1 fully saturated rings. The standard InChI is InChI=1S/C18H14Cl2F5N5O3S/c1-2-5-29(17(32)33)15-13(18(3-4-18)16(27)31)12(8-26)28-30(15)14-10(19)6-9(7-11(14)20)34(21,22,23,24)25/h2,6-7H,1,3-5H2,(H2,27,31)(H,32,33). The first kappa shape index (κ1) is 25.6. The van der Waals surface area contributed by atoms with Crippen LogP contribution in [0.25, 0.3) is 5.69 Å². The fourth-order valence-corrected chi connectivity index (χ4v) is 4.89. The van der Waals surface area contributed by atoms with Crippen molar-refractivity contribution >= 4 is 51.2 Å². The van der Waals surface area contributed by atoms with E-state index in [4.69, 9.17) is 28.9 Å². The number of nitriles is 1. The Morgan fingerprint density at radius 1 is 1.29 bits per heavy atom. The predicted octanol–water partition coefficient (Wildman–Crippen LogP) is 5.90. The molecule has 1 aromatic heterocycles. The first-order valence-electron chi connectivity index (χ1n) is 9.06. The van der Waals surface area contributed by atoms with Crippen LogP contribution in [0.15, 0.2) is 29.7 Å². The Hall–Kier alpha value is -3.02. The van der Waals surface area contributed by atoms with Gasteiger partial charge in [-0.1, -0.05) is 48.7 Å². The zero-order valence-corrected chi connectivity index (χ0v) is 19.1. The SMILES string of the molecule is C=CCN(C(=O)O)c1c(C2(C(N)=O)CC2)c(C#N)nn1-c1c(Cl)cc(S(F)(F)(F)(F)F)cc1Cl. The van der Waals surface area contributed by atoms with E-state index < -0.39 is 66.3 Å². The minimum Gasteiger partial charge on any atom is -0.465 e. The number of benzene rings is 1. The summed E-state index contributed by atoms with van der Waals surface area (Å²) in [4.78, 5) is 22.4. The van der Waals surface area contributed by atoms with Crippen LogP contribution in [0, 0.1) is 11.3 Å². The topological polar surface area (TPSA) is 125 Å². The van der Waals surface area contributed by atoms with E-state index in [1.165, 1.54) is 0 Å². The highest BCUT2D eigenvalue weighted by Crippen LogP contribution is 3.02. The Kier molecular flexibility index (Phi) is 5.45.